The van der Waals surface area contributed by atoms with Crippen LogP contribution in [0.25, 0.3) is 99.2 Å². The van der Waals surface area contributed by atoms with Gasteiger partial charge >= 0.3 is 7.12 Å². The van der Waals surface area contributed by atoms with Crippen LogP contribution >= 0.6 is 11.6 Å². The number of fused-ring (bicyclic) bond motifs is 24. The number of hydrogen-bond acceptors (Lipinski definition) is 6. The molecule has 5 aliphatic rings. The fourth-order valence-corrected chi connectivity index (χ4v) is 19.5. The molecule has 8 heteroatoms. The van der Waals surface area contributed by atoms with Crippen molar-refractivity contribution in [3.05, 3.63) is 386 Å². The van der Waals surface area contributed by atoms with Crippen LogP contribution in [0.15, 0.2) is 291 Å². The summed E-state index contributed by atoms with van der Waals surface area (Å²) in [7, 11) is -0.394. The number of aryl methyl sites for hydroxylation is 4. The van der Waals surface area contributed by atoms with Gasteiger partial charge in [-0.25, -0.2) is 0 Å². The van der Waals surface area contributed by atoms with E-state index in [9.17, 15) is 0 Å². The van der Waals surface area contributed by atoms with Gasteiger partial charge in [0, 0.05) is 55.2 Å². The molecule has 0 saturated carbocycles. The monoisotopic (exact) mass is 1440 g/mol. The normalized spacial score (nSPS) is 16.0. The zero-order valence-corrected chi connectivity index (χ0v) is 65.0. The summed E-state index contributed by atoms with van der Waals surface area (Å²) >= 11 is 6.23. The molecule has 21 rings (SSSR count). The van der Waals surface area contributed by atoms with Gasteiger partial charge in [-0.1, -0.05) is 288 Å². The summed E-state index contributed by atoms with van der Waals surface area (Å²) in [6.07, 6.45) is 0. The first kappa shape index (κ1) is 69.0. The van der Waals surface area contributed by atoms with Crippen LogP contribution in [-0.2, 0) is 31.0 Å². The summed E-state index contributed by atoms with van der Waals surface area (Å²) in [5, 5.41) is 5.03. The topological polar surface area (TPSA) is 70.0 Å². The minimum atomic E-state index is -0.410. The molecule has 534 valence electrons. The molecule has 110 heavy (non-hydrogen) atoms. The highest BCUT2D eigenvalue weighted by molar-refractivity contribution is 6.62. The van der Waals surface area contributed by atoms with E-state index in [1.165, 1.54) is 122 Å². The molecule has 1 aliphatic heterocycles. The average Bonchev–Trinajstić information content (AvgIpc) is 1.48. The van der Waals surface area contributed by atoms with E-state index in [-0.39, 0.29) is 22.0 Å². The van der Waals surface area contributed by atoms with Crippen molar-refractivity contribution < 1.29 is 9.31 Å². The molecule has 4 aliphatic carbocycles. The lowest BCUT2D eigenvalue weighted by Gasteiger charge is -2.46. The lowest BCUT2D eigenvalue weighted by Crippen LogP contribution is -2.41. The van der Waals surface area contributed by atoms with Crippen molar-refractivity contribution in [2.24, 2.45) is 0 Å². The standard InChI is InChI=1S/C48H36N2.C40H37BO2.C14H11ClN2/c1-29-20-21-31-22-25-37-38(26-30(2)50-46(37)45(31)49-29)34-13-11-12-32(27-34)33-23-24-36-35-14-5-6-15-39(35)48(44(36)28-33)42-18-9-7-16-40(42)47(3,4)41-17-8-10-19-43(41)48;1-37(2)32-18-9-11-20-34(32)40(35-21-12-10-19-33(35)37)31-17-8-7-16-29(31)30-23-22-27(25-36(30)40)26-14-13-15-28(24-26)41-42-38(3,4)39(5,6)43-41;1-8-3-4-10-5-6-11-12(15)7-9(2)17-14(11)13(10)16-8/h5-28H,1-4H3;7-25H,1-6H3;3-7H,1-2H3. The van der Waals surface area contributed by atoms with Gasteiger partial charge in [0.05, 0.1) is 49.1 Å². The van der Waals surface area contributed by atoms with Crippen LogP contribution in [0.3, 0.4) is 0 Å². The van der Waals surface area contributed by atoms with Gasteiger partial charge in [0.2, 0.25) is 0 Å². The van der Waals surface area contributed by atoms with Crippen LogP contribution in [0.5, 0.6) is 0 Å². The lowest BCUT2D eigenvalue weighted by atomic mass is 9.55. The smallest absolute Gasteiger partial charge is 0.399 e. The number of halogens is 1. The van der Waals surface area contributed by atoms with E-state index < -0.39 is 17.9 Å². The van der Waals surface area contributed by atoms with Crippen LogP contribution in [0.4, 0.5) is 0 Å². The van der Waals surface area contributed by atoms with E-state index in [4.69, 9.17) is 30.9 Å². The molecule has 0 bridgehead atoms. The Morgan fingerprint density at radius 1 is 0.264 bits per heavy atom. The Balaban J connectivity index is 0.000000124. The minimum absolute atomic E-state index is 0.106. The molecule has 0 N–H and O–H groups in total. The first-order valence-electron chi connectivity index (χ1n) is 38.5. The SMILES string of the molecule is CC1(C)c2ccccc2C2(c3ccccc3-c3ccc(-c4cccc(B5OC(C)(C)C(C)(C)O5)c4)cc32)c2ccccc21.Cc1ccc2ccc3c(-c4cccc(-c5ccc6c(c5)C5(c7ccccc7-6)c6ccccc6C(C)(C)c6ccccc65)c4)cc(C)nc3c2n1.Cc1ccc2ccc3c(Cl)cc(C)nc3c2n1. The summed E-state index contributed by atoms with van der Waals surface area (Å²) in [6.45, 7) is 26.0. The van der Waals surface area contributed by atoms with Crippen LogP contribution in [0, 0.1) is 27.7 Å². The Morgan fingerprint density at radius 2 is 0.618 bits per heavy atom. The van der Waals surface area contributed by atoms with Gasteiger partial charge in [-0.2, -0.15) is 0 Å². The van der Waals surface area contributed by atoms with Crippen molar-refractivity contribution in [1.82, 2.24) is 19.9 Å². The van der Waals surface area contributed by atoms with Gasteiger partial charge in [-0.15, -0.1) is 0 Å². The second kappa shape index (κ2) is 25.3. The Bertz CT molecular complexity index is 6430. The van der Waals surface area contributed by atoms with Gasteiger partial charge in [0.1, 0.15) is 0 Å². The second-order valence-corrected chi connectivity index (χ2v) is 33.3. The predicted octanol–water partition coefficient (Wildman–Crippen LogP) is 24.4. The first-order chi connectivity index (χ1) is 53.1. The molecule has 2 spiro atoms. The molecule has 1 fully saturated rings. The quantitative estimate of drug-likeness (QED) is 0.129. The molecule has 16 aromatic rings. The maximum atomic E-state index is 6.42. The molecule has 6 nitrogen and oxygen atoms in total. The number of aromatic nitrogens is 4. The van der Waals surface area contributed by atoms with Gasteiger partial charge in [-0.05, 0) is 226 Å². The molecular weight excluding hydrogens is 1360 g/mol. The van der Waals surface area contributed by atoms with Crippen LogP contribution < -0.4 is 5.46 Å². The molecule has 4 aromatic heterocycles. The summed E-state index contributed by atoms with van der Waals surface area (Å²) < 4.78 is 12.8. The lowest BCUT2D eigenvalue weighted by molar-refractivity contribution is 0.00578. The van der Waals surface area contributed by atoms with Gasteiger partial charge in [-0.3, -0.25) is 19.9 Å². The van der Waals surface area contributed by atoms with Crippen LogP contribution in [0.2, 0.25) is 5.02 Å². The number of pyridine rings is 4. The molecule has 0 amide bonds. The van der Waals surface area contributed by atoms with Crippen molar-refractivity contribution in [2.45, 2.75) is 116 Å². The molecular formula is C102H84BClN4O2. The van der Waals surface area contributed by atoms with Crippen molar-refractivity contribution in [2.75, 3.05) is 0 Å². The largest absolute Gasteiger partial charge is 0.494 e. The maximum absolute atomic E-state index is 6.42. The molecule has 0 atom stereocenters. The van der Waals surface area contributed by atoms with E-state index in [1.54, 1.807) is 0 Å². The summed E-state index contributed by atoms with van der Waals surface area (Å²) in [5.41, 5.74) is 35.8. The fourth-order valence-electron chi connectivity index (χ4n) is 19.2. The van der Waals surface area contributed by atoms with Crippen LogP contribution in [-0.4, -0.2) is 38.3 Å². The van der Waals surface area contributed by atoms with Crippen molar-refractivity contribution in [3.8, 4) is 55.6 Å². The Labute approximate surface area is 650 Å². The highest BCUT2D eigenvalue weighted by atomic mass is 35.5. The average molecular weight is 1440 g/mol. The first-order valence-corrected chi connectivity index (χ1v) is 38.9. The van der Waals surface area contributed by atoms with E-state index in [0.717, 1.165) is 76.9 Å². The molecule has 1 saturated heterocycles. The minimum Gasteiger partial charge on any atom is -0.399 e. The number of hydrogen-bond donors (Lipinski definition) is 0. The third kappa shape index (κ3) is 10.4. The summed E-state index contributed by atoms with van der Waals surface area (Å²) in [5.74, 6) is 0. The van der Waals surface area contributed by atoms with Crippen molar-refractivity contribution >= 4 is 67.8 Å². The molecule has 0 unspecified atom stereocenters. The van der Waals surface area contributed by atoms with E-state index in [2.05, 4.69) is 339 Å². The van der Waals surface area contributed by atoms with Crippen LogP contribution in [0.1, 0.15) is 145 Å². The molecule has 0 radical (unpaired) electrons. The third-order valence-corrected chi connectivity index (χ3v) is 25.4. The Kier molecular flexibility index (Phi) is 15.9. The van der Waals surface area contributed by atoms with Gasteiger partial charge in [0.25, 0.3) is 0 Å². The van der Waals surface area contributed by atoms with E-state index >= 15 is 0 Å². The Morgan fingerprint density at radius 3 is 1.09 bits per heavy atom. The maximum Gasteiger partial charge on any atom is 0.494 e. The zero-order valence-electron chi connectivity index (χ0n) is 64.3. The van der Waals surface area contributed by atoms with Gasteiger partial charge in [0.15, 0.2) is 0 Å². The van der Waals surface area contributed by atoms with Crippen molar-refractivity contribution in [1.29, 1.82) is 0 Å². The number of rotatable bonds is 4. The third-order valence-electron chi connectivity index (χ3n) is 25.1. The van der Waals surface area contributed by atoms with Crippen molar-refractivity contribution in [3.63, 3.8) is 0 Å². The van der Waals surface area contributed by atoms with Gasteiger partial charge < -0.3 is 9.31 Å². The molecule has 5 heterocycles. The fraction of sp³-hybridized carbons (Fsp3) is 0.176. The Hall–Kier alpha value is -11.4. The number of nitrogens with zero attached hydrogens (tertiary/aromatic N) is 4. The van der Waals surface area contributed by atoms with E-state index in [1.807, 2.05) is 45.0 Å². The zero-order chi connectivity index (χ0) is 75.5. The summed E-state index contributed by atoms with van der Waals surface area (Å²) in [4.78, 5) is 19.0. The molecule has 12 aromatic carbocycles. The number of benzene rings is 12. The highest BCUT2D eigenvalue weighted by Gasteiger charge is 2.56. The second-order valence-electron chi connectivity index (χ2n) is 32.9. The van der Waals surface area contributed by atoms with E-state index in [0.29, 0.717) is 0 Å². The predicted molar refractivity (Wildman–Crippen MR) is 455 cm³/mol. The summed E-state index contributed by atoms with van der Waals surface area (Å²) in [6, 6.07) is 107. The highest BCUT2D eigenvalue weighted by Crippen LogP contribution is 2.65.